The first kappa shape index (κ1) is 19.3. The van der Waals surface area contributed by atoms with E-state index in [0.29, 0.717) is 5.69 Å². The molecule has 0 radical (unpaired) electrons. The lowest BCUT2D eigenvalue weighted by atomic mass is 9.99. The van der Waals surface area contributed by atoms with E-state index in [4.69, 9.17) is 15.7 Å². The van der Waals surface area contributed by atoms with Crippen LogP contribution >= 0.6 is 0 Å². The summed E-state index contributed by atoms with van der Waals surface area (Å²) in [4.78, 5) is 32.7. The van der Waals surface area contributed by atoms with E-state index in [-0.39, 0.29) is 19.0 Å². The van der Waals surface area contributed by atoms with Crippen LogP contribution in [0.1, 0.15) is 5.56 Å². The fourth-order valence-corrected chi connectivity index (χ4v) is 3.19. The van der Waals surface area contributed by atoms with Crippen LogP contribution in [0.5, 0.6) is 0 Å². The van der Waals surface area contributed by atoms with Gasteiger partial charge in [-0.05, 0) is 47.7 Å². The Labute approximate surface area is 171 Å². The topological polar surface area (TPSA) is 143 Å². The summed E-state index contributed by atoms with van der Waals surface area (Å²) in [5, 5.41) is 15.4. The summed E-state index contributed by atoms with van der Waals surface area (Å²) in [6, 6.07) is 9.27. The number of rotatable bonds is 3. The number of carbonyl (C=O) groups is 2. The Kier molecular flexibility index (Phi) is 4.77. The van der Waals surface area contributed by atoms with Gasteiger partial charge in [0.15, 0.2) is 5.54 Å². The van der Waals surface area contributed by atoms with Crippen LogP contribution < -0.4 is 16.4 Å². The number of nitriles is 1. The zero-order valence-corrected chi connectivity index (χ0v) is 16.1. The van der Waals surface area contributed by atoms with Gasteiger partial charge in [0.1, 0.15) is 5.82 Å². The predicted octanol–water partition coefficient (Wildman–Crippen LogP) is 1.53. The first-order valence-corrected chi connectivity index (χ1v) is 9.13. The molecule has 2 amide bonds. The average Bonchev–Trinajstić information content (AvgIpc) is 2.70. The fourth-order valence-electron chi connectivity index (χ4n) is 3.19. The molecule has 9 heteroatoms. The monoisotopic (exact) mass is 402 g/mol. The van der Waals surface area contributed by atoms with Crippen LogP contribution in [0.3, 0.4) is 0 Å². The van der Waals surface area contributed by atoms with E-state index in [1.54, 1.807) is 18.5 Å². The number of nitrogens with zero attached hydrogens (tertiary/aromatic N) is 3. The third-order valence-corrected chi connectivity index (χ3v) is 4.93. The molecular formula is C21H18N6O3. The van der Waals surface area contributed by atoms with Crippen molar-refractivity contribution >= 4 is 34.1 Å². The standard InChI is InChI=1S/C21H18N6O3/c1-12-2-3-24-7-15(12)13-4-14-6-18(25-8-16(14)17(23)5-13)26-19(28)20(29)27-21(9-22)10-30-11-21/h2-8H,10-11,23H2,1H3,(H,27,29)(H,25,26,28). The Morgan fingerprint density at radius 2 is 2.03 bits per heavy atom. The van der Waals surface area contributed by atoms with E-state index in [9.17, 15) is 9.59 Å². The molecule has 30 heavy (non-hydrogen) atoms. The second kappa shape index (κ2) is 7.42. The highest BCUT2D eigenvalue weighted by Crippen LogP contribution is 2.31. The molecule has 4 rings (SSSR count). The number of fused-ring (bicyclic) bond motifs is 1. The molecule has 0 atom stereocenters. The molecule has 1 aliphatic rings. The van der Waals surface area contributed by atoms with Gasteiger partial charge in [0, 0.05) is 35.2 Å². The lowest BCUT2D eigenvalue weighted by molar-refractivity contribution is -0.140. The molecule has 3 aromatic rings. The molecular weight excluding hydrogens is 384 g/mol. The van der Waals surface area contributed by atoms with Crippen molar-refractivity contribution in [3.05, 3.63) is 48.4 Å². The molecule has 9 nitrogen and oxygen atoms in total. The number of carbonyl (C=O) groups excluding carboxylic acids is 2. The number of amides is 2. The van der Waals surface area contributed by atoms with Crippen molar-refractivity contribution in [2.24, 2.45) is 0 Å². The summed E-state index contributed by atoms with van der Waals surface area (Å²) in [5.74, 6) is -1.66. The van der Waals surface area contributed by atoms with Crippen molar-refractivity contribution in [1.82, 2.24) is 15.3 Å². The minimum absolute atomic E-state index is 0.0482. The van der Waals surface area contributed by atoms with Crippen molar-refractivity contribution in [3.8, 4) is 17.2 Å². The van der Waals surface area contributed by atoms with Gasteiger partial charge >= 0.3 is 11.8 Å². The maximum Gasteiger partial charge on any atom is 0.314 e. The van der Waals surface area contributed by atoms with Crippen molar-refractivity contribution in [1.29, 1.82) is 5.26 Å². The summed E-state index contributed by atoms with van der Waals surface area (Å²) in [6.45, 7) is 2.08. The molecule has 0 spiro atoms. The molecule has 1 fully saturated rings. The molecule has 2 aromatic heterocycles. The van der Waals surface area contributed by atoms with Crippen LogP contribution in [0, 0.1) is 18.3 Å². The number of anilines is 2. The zero-order valence-electron chi connectivity index (χ0n) is 16.1. The second-order valence-corrected chi connectivity index (χ2v) is 7.14. The van der Waals surface area contributed by atoms with Crippen molar-refractivity contribution in [3.63, 3.8) is 0 Å². The van der Waals surface area contributed by atoms with E-state index < -0.39 is 17.4 Å². The summed E-state index contributed by atoms with van der Waals surface area (Å²) in [7, 11) is 0. The zero-order chi connectivity index (χ0) is 21.3. The number of pyridine rings is 2. The molecule has 0 bridgehead atoms. The van der Waals surface area contributed by atoms with E-state index in [1.165, 1.54) is 6.20 Å². The van der Waals surface area contributed by atoms with Gasteiger partial charge in [-0.25, -0.2) is 4.98 Å². The van der Waals surface area contributed by atoms with E-state index in [1.807, 2.05) is 31.2 Å². The molecule has 1 aliphatic heterocycles. The van der Waals surface area contributed by atoms with Crippen LogP contribution in [0.15, 0.2) is 42.9 Å². The Morgan fingerprint density at radius 1 is 1.23 bits per heavy atom. The van der Waals surface area contributed by atoms with Crippen LogP contribution in [0.25, 0.3) is 21.9 Å². The summed E-state index contributed by atoms with van der Waals surface area (Å²) >= 11 is 0. The van der Waals surface area contributed by atoms with Gasteiger partial charge in [-0.2, -0.15) is 5.26 Å². The summed E-state index contributed by atoms with van der Waals surface area (Å²) in [5.41, 5.74) is 8.45. The fraction of sp³-hybridized carbons (Fsp3) is 0.190. The molecule has 0 saturated carbocycles. The maximum atomic E-state index is 12.2. The molecule has 0 unspecified atom stereocenters. The highest BCUT2D eigenvalue weighted by molar-refractivity contribution is 6.39. The first-order chi connectivity index (χ1) is 14.4. The van der Waals surface area contributed by atoms with Gasteiger partial charge in [-0.15, -0.1) is 0 Å². The molecule has 150 valence electrons. The molecule has 3 heterocycles. The van der Waals surface area contributed by atoms with Gasteiger partial charge in [-0.3, -0.25) is 14.6 Å². The van der Waals surface area contributed by atoms with Gasteiger partial charge in [-0.1, -0.05) is 0 Å². The number of ether oxygens (including phenoxy) is 1. The van der Waals surface area contributed by atoms with Gasteiger partial charge in [0.25, 0.3) is 0 Å². The Bertz CT molecular complexity index is 1210. The Balaban J connectivity index is 1.60. The minimum Gasteiger partial charge on any atom is -0.398 e. The van der Waals surface area contributed by atoms with Crippen LogP contribution in [-0.4, -0.2) is 40.5 Å². The predicted molar refractivity (Wildman–Crippen MR) is 110 cm³/mol. The number of nitrogens with two attached hydrogens (primary N) is 1. The lowest BCUT2D eigenvalue weighted by Gasteiger charge is -2.35. The van der Waals surface area contributed by atoms with Gasteiger partial charge in [0.05, 0.1) is 19.3 Å². The number of nitrogen functional groups attached to an aromatic ring is 1. The molecule has 4 N–H and O–H groups in total. The second-order valence-electron chi connectivity index (χ2n) is 7.14. The van der Waals surface area contributed by atoms with Gasteiger partial charge in [0.2, 0.25) is 0 Å². The third kappa shape index (κ3) is 3.52. The van der Waals surface area contributed by atoms with E-state index >= 15 is 0 Å². The van der Waals surface area contributed by atoms with Crippen molar-refractivity contribution in [2.45, 2.75) is 12.5 Å². The molecule has 1 aromatic carbocycles. The number of aromatic nitrogens is 2. The normalized spacial score (nSPS) is 14.4. The average molecular weight is 402 g/mol. The van der Waals surface area contributed by atoms with Gasteiger partial charge < -0.3 is 21.1 Å². The summed E-state index contributed by atoms with van der Waals surface area (Å²) < 4.78 is 4.95. The SMILES string of the molecule is Cc1ccncc1-c1cc(N)c2cnc(NC(=O)C(=O)NC3(C#N)COC3)cc2c1. The largest absolute Gasteiger partial charge is 0.398 e. The summed E-state index contributed by atoms with van der Waals surface area (Å²) in [6.07, 6.45) is 5.02. The Hall–Kier alpha value is -4.03. The highest BCUT2D eigenvalue weighted by atomic mass is 16.5. The third-order valence-electron chi connectivity index (χ3n) is 4.93. The number of hydrogen-bond acceptors (Lipinski definition) is 7. The lowest BCUT2D eigenvalue weighted by Crippen LogP contribution is -2.62. The van der Waals surface area contributed by atoms with Crippen LogP contribution in [0.4, 0.5) is 11.5 Å². The Morgan fingerprint density at radius 3 is 2.70 bits per heavy atom. The number of nitrogens with one attached hydrogen (secondary N) is 2. The minimum atomic E-state index is -1.16. The van der Waals surface area contributed by atoms with E-state index in [2.05, 4.69) is 20.6 Å². The number of benzene rings is 1. The molecule has 1 saturated heterocycles. The van der Waals surface area contributed by atoms with Crippen molar-refractivity contribution < 1.29 is 14.3 Å². The highest BCUT2D eigenvalue weighted by Gasteiger charge is 2.41. The maximum absolute atomic E-state index is 12.2. The van der Waals surface area contributed by atoms with Crippen molar-refractivity contribution in [2.75, 3.05) is 24.3 Å². The number of hydrogen-bond donors (Lipinski definition) is 3. The van der Waals surface area contributed by atoms with E-state index in [0.717, 1.165) is 27.5 Å². The first-order valence-electron chi connectivity index (χ1n) is 9.13. The quantitative estimate of drug-likeness (QED) is 0.445. The smallest absolute Gasteiger partial charge is 0.314 e. The number of aryl methyl sites for hydroxylation is 1. The van der Waals surface area contributed by atoms with Crippen LogP contribution in [0.2, 0.25) is 0 Å². The molecule has 0 aliphatic carbocycles. The van der Waals surface area contributed by atoms with Crippen LogP contribution in [-0.2, 0) is 14.3 Å².